The Labute approximate surface area is 121 Å². The van der Waals surface area contributed by atoms with Crippen LogP contribution in [0.1, 0.15) is 35.3 Å². The number of hydrogen-bond acceptors (Lipinski definition) is 2. The number of aryl methyl sites for hydroxylation is 3. The number of anilines is 1. The Hall–Kier alpha value is -1.80. The van der Waals surface area contributed by atoms with Crippen molar-refractivity contribution in [1.82, 2.24) is 0 Å². The second-order valence-electron chi connectivity index (χ2n) is 5.37. The van der Waals surface area contributed by atoms with E-state index >= 15 is 0 Å². The maximum Gasteiger partial charge on any atom is 0.0962 e. The Morgan fingerprint density at radius 2 is 1.60 bits per heavy atom. The van der Waals surface area contributed by atoms with Gasteiger partial charge in [-0.05, 0) is 54.7 Å². The average molecular weight is 269 g/mol. The highest BCUT2D eigenvalue weighted by Gasteiger charge is 2.07. The number of nitrogens with one attached hydrogen (secondary N) is 1. The molecule has 2 nitrogen and oxygen atoms in total. The van der Waals surface area contributed by atoms with Crippen molar-refractivity contribution in [3.8, 4) is 0 Å². The van der Waals surface area contributed by atoms with Crippen LogP contribution in [0.2, 0.25) is 0 Å². The fraction of sp³-hybridized carbons (Fsp3) is 0.333. The Morgan fingerprint density at radius 1 is 1.00 bits per heavy atom. The highest BCUT2D eigenvalue weighted by atomic mass is 16.3. The van der Waals surface area contributed by atoms with Gasteiger partial charge in [0.15, 0.2) is 0 Å². The first-order valence-electron chi connectivity index (χ1n) is 7.17. The van der Waals surface area contributed by atoms with Gasteiger partial charge in [-0.25, -0.2) is 0 Å². The van der Waals surface area contributed by atoms with Crippen LogP contribution in [0.4, 0.5) is 5.69 Å². The largest absolute Gasteiger partial charge is 0.387 e. The summed E-state index contributed by atoms with van der Waals surface area (Å²) in [6.07, 6.45) is 0.540. The van der Waals surface area contributed by atoms with Gasteiger partial charge >= 0.3 is 0 Å². The molecule has 0 aliphatic rings. The molecule has 0 saturated carbocycles. The van der Waals surface area contributed by atoms with E-state index in [0.717, 1.165) is 17.7 Å². The van der Waals surface area contributed by atoms with Crippen LogP contribution in [0.25, 0.3) is 0 Å². The van der Waals surface area contributed by atoms with Crippen LogP contribution >= 0.6 is 0 Å². The van der Waals surface area contributed by atoms with Gasteiger partial charge in [-0.1, -0.05) is 37.3 Å². The van der Waals surface area contributed by atoms with E-state index in [2.05, 4.69) is 56.4 Å². The third-order valence-electron chi connectivity index (χ3n) is 3.49. The molecule has 0 bridgehead atoms. The molecule has 0 fully saturated rings. The molecule has 0 saturated heterocycles. The van der Waals surface area contributed by atoms with E-state index in [9.17, 15) is 5.11 Å². The Bertz CT molecular complexity index is 540. The molecule has 0 aliphatic heterocycles. The van der Waals surface area contributed by atoms with Gasteiger partial charge < -0.3 is 10.4 Å². The average Bonchev–Trinajstić information content (AvgIpc) is 2.44. The quantitative estimate of drug-likeness (QED) is 0.859. The summed E-state index contributed by atoms with van der Waals surface area (Å²) in [5, 5.41) is 13.5. The topological polar surface area (TPSA) is 32.3 Å². The SMILES string of the molecule is CCc1ccc(C(O)CNc2cc(C)cc(C)c2)cc1. The molecule has 0 aliphatic carbocycles. The van der Waals surface area contributed by atoms with Crippen molar-refractivity contribution < 1.29 is 5.11 Å². The zero-order valence-corrected chi connectivity index (χ0v) is 12.5. The molecule has 2 heteroatoms. The van der Waals surface area contributed by atoms with E-state index < -0.39 is 6.10 Å². The van der Waals surface area contributed by atoms with Crippen molar-refractivity contribution in [2.45, 2.75) is 33.3 Å². The molecule has 2 aromatic rings. The summed E-state index contributed by atoms with van der Waals surface area (Å²) in [6.45, 7) is 6.82. The van der Waals surface area contributed by atoms with Crippen molar-refractivity contribution >= 4 is 5.69 Å². The van der Waals surface area contributed by atoms with Gasteiger partial charge in [0.1, 0.15) is 0 Å². The first-order valence-corrected chi connectivity index (χ1v) is 7.17. The third-order valence-corrected chi connectivity index (χ3v) is 3.49. The van der Waals surface area contributed by atoms with Crippen LogP contribution in [0.5, 0.6) is 0 Å². The molecule has 2 N–H and O–H groups in total. The number of benzene rings is 2. The second kappa shape index (κ2) is 6.58. The predicted molar refractivity (Wildman–Crippen MR) is 85.2 cm³/mol. The molecule has 0 amide bonds. The zero-order valence-electron chi connectivity index (χ0n) is 12.5. The molecule has 106 valence electrons. The molecule has 0 aromatic heterocycles. The van der Waals surface area contributed by atoms with E-state index in [-0.39, 0.29) is 0 Å². The zero-order chi connectivity index (χ0) is 14.5. The fourth-order valence-corrected chi connectivity index (χ4v) is 2.38. The van der Waals surface area contributed by atoms with Gasteiger partial charge in [-0.2, -0.15) is 0 Å². The molecular formula is C18H23NO. The van der Waals surface area contributed by atoms with Crippen LogP contribution in [-0.4, -0.2) is 11.7 Å². The Balaban J connectivity index is 1.98. The Morgan fingerprint density at radius 3 is 2.15 bits per heavy atom. The number of rotatable bonds is 5. The summed E-state index contributed by atoms with van der Waals surface area (Å²) in [7, 11) is 0. The normalized spacial score (nSPS) is 12.2. The predicted octanol–water partition coefficient (Wildman–Crippen LogP) is 4.01. The molecule has 0 radical (unpaired) electrons. The molecule has 0 heterocycles. The van der Waals surface area contributed by atoms with E-state index in [1.165, 1.54) is 16.7 Å². The number of hydrogen-bond donors (Lipinski definition) is 2. The summed E-state index contributed by atoms with van der Waals surface area (Å²) in [5.41, 5.74) is 5.78. The molecule has 0 spiro atoms. The van der Waals surface area contributed by atoms with Crippen LogP contribution < -0.4 is 5.32 Å². The lowest BCUT2D eigenvalue weighted by atomic mass is 10.1. The maximum atomic E-state index is 10.2. The van der Waals surface area contributed by atoms with Crippen LogP contribution in [0.15, 0.2) is 42.5 Å². The highest BCUT2D eigenvalue weighted by molar-refractivity contribution is 5.48. The van der Waals surface area contributed by atoms with Gasteiger partial charge in [0, 0.05) is 12.2 Å². The summed E-state index contributed by atoms with van der Waals surface area (Å²) in [6, 6.07) is 14.5. The standard InChI is InChI=1S/C18H23NO/c1-4-15-5-7-16(8-6-15)18(20)12-19-17-10-13(2)9-14(3)11-17/h5-11,18-20H,4,12H2,1-3H3. The van der Waals surface area contributed by atoms with Crippen molar-refractivity contribution in [3.63, 3.8) is 0 Å². The molecule has 2 aromatic carbocycles. The van der Waals surface area contributed by atoms with E-state index in [1.807, 2.05) is 12.1 Å². The van der Waals surface area contributed by atoms with Crippen LogP contribution in [0.3, 0.4) is 0 Å². The molecule has 1 unspecified atom stereocenters. The van der Waals surface area contributed by atoms with Gasteiger partial charge in [0.25, 0.3) is 0 Å². The third kappa shape index (κ3) is 3.84. The lowest BCUT2D eigenvalue weighted by molar-refractivity contribution is 0.191. The van der Waals surface area contributed by atoms with Gasteiger partial charge in [-0.3, -0.25) is 0 Å². The molecular weight excluding hydrogens is 246 g/mol. The first-order chi connectivity index (χ1) is 9.58. The van der Waals surface area contributed by atoms with Crippen LogP contribution in [0, 0.1) is 13.8 Å². The molecule has 2 rings (SSSR count). The van der Waals surface area contributed by atoms with Gasteiger partial charge in [-0.15, -0.1) is 0 Å². The minimum Gasteiger partial charge on any atom is -0.387 e. The van der Waals surface area contributed by atoms with Crippen LogP contribution in [-0.2, 0) is 6.42 Å². The number of aliphatic hydroxyl groups is 1. The maximum absolute atomic E-state index is 10.2. The summed E-state index contributed by atoms with van der Waals surface area (Å²) >= 11 is 0. The van der Waals surface area contributed by atoms with Crippen molar-refractivity contribution in [1.29, 1.82) is 0 Å². The molecule has 1 atom stereocenters. The smallest absolute Gasteiger partial charge is 0.0962 e. The lowest BCUT2D eigenvalue weighted by Gasteiger charge is -2.14. The van der Waals surface area contributed by atoms with E-state index in [4.69, 9.17) is 0 Å². The van der Waals surface area contributed by atoms with E-state index in [0.29, 0.717) is 6.54 Å². The summed E-state index contributed by atoms with van der Waals surface area (Å²) < 4.78 is 0. The first kappa shape index (κ1) is 14.6. The van der Waals surface area contributed by atoms with Crippen molar-refractivity contribution in [2.24, 2.45) is 0 Å². The minimum atomic E-state index is -0.485. The summed E-state index contributed by atoms with van der Waals surface area (Å²) in [5.74, 6) is 0. The number of aliphatic hydroxyl groups excluding tert-OH is 1. The van der Waals surface area contributed by atoms with Gasteiger partial charge in [0.05, 0.1) is 6.10 Å². The monoisotopic (exact) mass is 269 g/mol. The fourth-order valence-electron chi connectivity index (χ4n) is 2.38. The molecule has 20 heavy (non-hydrogen) atoms. The Kier molecular flexibility index (Phi) is 4.80. The van der Waals surface area contributed by atoms with E-state index in [1.54, 1.807) is 0 Å². The second-order valence-corrected chi connectivity index (χ2v) is 5.37. The lowest BCUT2D eigenvalue weighted by Crippen LogP contribution is -2.12. The summed E-state index contributed by atoms with van der Waals surface area (Å²) in [4.78, 5) is 0. The highest BCUT2D eigenvalue weighted by Crippen LogP contribution is 2.18. The minimum absolute atomic E-state index is 0.485. The van der Waals surface area contributed by atoms with Crippen molar-refractivity contribution in [3.05, 3.63) is 64.7 Å². The van der Waals surface area contributed by atoms with Gasteiger partial charge in [0.2, 0.25) is 0 Å². The van der Waals surface area contributed by atoms with Crippen molar-refractivity contribution in [2.75, 3.05) is 11.9 Å².